The maximum Gasteiger partial charge on any atom is 0.288 e. The Labute approximate surface area is 114 Å². The molecule has 2 aromatic heterocycles. The van der Waals surface area contributed by atoms with Crippen molar-refractivity contribution in [3.63, 3.8) is 0 Å². The van der Waals surface area contributed by atoms with Gasteiger partial charge in [-0.3, -0.25) is 14.9 Å². The van der Waals surface area contributed by atoms with Gasteiger partial charge >= 0.3 is 0 Å². The summed E-state index contributed by atoms with van der Waals surface area (Å²) in [7, 11) is 0. The van der Waals surface area contributed by atoms with Gasteiger partial charge in [0.1, 0.15) is 10.8 Å². The minimum absolute atomic E-state index is 0.289. The zero-order chi connectivity index (χ0) is 13.2. The van der Waals surface area contributed by atoms with Gasteiger partial charge in [0.2, 0.25) is 0 Å². The van der Waals surface area contributed by atoms with Crippen molar-refractivity contribution in [3.05, 3.63) is 65.7 Å². The lowest BCUT2D eigenvalue weighted by Crippen LogP contribution is -2.22. The zero-order valence-corrected chi connectivity index (χ0v) is 10.6. The van der Waals surface area contributed by atoms with Crippen LogP contribution in [0.5, 0.6) is 0 Å². The van der Waals surface area contributed by atoms with Crippen LogP contribution in [0.4, 0.5) is 0 Å². The molecule has 0 aliphatic rings. The molecule has 3 rings (SSSR count). The molecule has 0 fully saturated rings. The maximum absolute atomic E-state index is 12.1. The highest BCUT2D eigenvalue weighted by Gasteiger charge is 2.11. The number of benzene rings is 1. The van der Waals surface area contributed by atoms with E-state index in [2.05, 4.69) is 10.4 Å². The number of pyridine rings is 1. The van der Waals surface area contributed by atoms with E-state index in [-0.39, 0.29) is 11.6 Å². The van der Waals surface area contributed by atoms with Crippen LogP contribution in [0.1, 0.15) is 10.5 Å². The van der Waals surface area contributed by atoms with Crippen molar-refractivity contribution in [3.8, 4) is 0 Å². The van der Waals surface area contributed by atoms with Crippen molar-refractivity contribution < 1.29 is 4.79 Å². The van der Waals surface area contributed by atoms with Crippen molar-refractivity contribution in [1.29, 1.82) is 0 Å². The lowest BCUT2D eigenvalue weighted by atomic mass is 10.1. The molecule has 0 unspecified atom stereocenters. The third-order valence-electron chi connectivity index (χ3n) is 2.76. The Kier molecular flexibility index (Phi) is 2.93. The summed E-state index contributed by atoms with van der Waals surface area (Å²) < 4.78 is 1.56. The van der Waals surface area contributed by atoms with Crippen LogP contribution < -0.4 is 5.43 Å². The molecule has 0 aliphatic heterocycles. The lowest BCUT2D eigenvalue weighted by Gasteiger charge is -2.07. The highest BCUT2D eigenvalue weighted by Crippen LogP contribution is 2.22. The Morgan fingerprint density at radius 2 is 1.89 bits per heavy atom. The summed E-state index contributed by atoms with van der Waals surface area (Å²) in [6.07, 6.45) is 3.47. The molecule has 94 valence electrons. The molecule has 19 heavy (non-hydrogen) atoms. The van der Waals surface area contributed by atoms with Gasteiger partial charge in [-0.1, -0.05) is 35.9 Å². The Balaban J connectivity index is 1.98. The molecule has 0 aliphatic carbocycles. The number of fused-ring (bicyclic) bond motifs is 1. The second kappa shape index (κ2) is 4.74. The molecular formula is C14H10ClN3O. The van der Waals surface area contributed by atoms with E-state index in [4.69, 9.17) is 11.6 Å². The average molecular weight is 272 g/mol. The normalized spacial score (nSPS) is 10.6. The minimum atomic E-state index is -0.302. The van der Waals surface area contributed by atoms with E-state index in [0.717, 1.165) is 10.8 Å². The number of hydrogen-bond donors (Lipinski definition) is 1. The fourth-order valence-electron chi connectivity index (χ4n) is 1.86. The molecule has 1 N–H and O–H groups in total. The number of aromatic nitrogens is 2. The molecule has 2 heterocycles. The zero-order valence-electron chi connectivity index (χ0n) is 9.88. The topological polar surface area (TPSA) is 46.9 Å². The van der Waals surface area contributed by atoms with Crippen LogP contribution >= 0.6 is 11.6 Å². The minimum Gasteiger partial charge on any atom is -0.268 e. The molecule has 0 bridgehead atoms. The molecule has 3 aromatic rings. The van der Waals surface area contributed by atoms with Crippen LogP contribution in [0.2, 0.25) is 5.15 Å². The number of carbonyl (C=O) groups is 1. The smallest absolute Gasteiger partial charge is 0.268 e. The summed E-state index contributed by atoms with van der Waals surface area (Å²) in [5.41, 5.74) is 2.98. The van der Waals surface area contributed by atoms with Gasteiger partial charge in [-0.25, -0.2) is 4.98 Å². The van der Waals surface area contributed by atoms with Crippen LogP contribution in [0.25, 0.3) is 10.8 Å². The Bertz CT molecular complexity index is 738. The fraction of sp³-hybridized carbons (Fsp3) is 0. The van der Waals surface area contributed by atoms with Crippen LogP contribution in [0.3, 0.4) is 0 Å². The summed E-state index contributed by atoms with van der Waals surface area (Å²) in [6, 6.07) is 12.9. The average Bonchev–Trinajstić information content (AvgIpc) is 2.91. The first-order valence-electron chi connectivity index (χ1n) is 5.74. The lowest BCUT2D eigenvalue weighted by molar-refractivity contribution is 0.100. The van der Waals surface area contributed by atoms with Gasteiger partial charge in [0.15, 0.2) is 0 Å². The first-order chi connectivity index (χ1) is 9.24. The molecule has 1 amide bonds. The Morgan fingerprint density at radius 1 is 1.16 bits per heavy atom. The monoisotopic (exact) mass is 271 g/mol. The van der Waals surface area contributed by atoms with Crippen molar-refractivity contribution >= 4 is 28.3 Å². The van der Waals surface area contributed by atoms with E-state index in [1.807, 2.05) is 36.4 Å². The quantitative estimate of drug-likeness (QED) is 0.728. The van der Waals surface area contributed by atoms with Crippen LogP contribution in [0.15, 0.2) is 54.9 Å². The number of hydrogen-bond acceptors (Lipinski definition) is 2. The summed E-state index contributed by atoms with van der Waals surface area (Å²) in [6.45, 7) is 0. The standard InChI is InChI=1S/C14H10ClN3O/c15-13-11-6-2-1-5-10(11)9-12(16-13)14(19)17-18-7-3-4-8-18/h1-9H,(H,17,19). The largest absolute Gasteiger partial charge is 0.288 e. The predicted octanol–water partition coefficient (Wildman–Crippen LogP) is 3.07. The predicted molar refractivity (Wildman–Crippen MR) is 74.9 cm³/mol. The molecule has 0 radical (unpaired) electrons. The number of halogens is 1. The van der Waals surface area contributed by atoms with Gasteiger partial charge in [0.25, 0.3) is 5.91 Å². The van der Waals surface area contributed by atoms with Crippen LogP contribution in [-0.2, 0) is 0 Å². The van der Waals surface area contributed by atoms with Gasteiger partial charge in [-0.05, 0) is 23.6 Å². The fourth-order valence-corrected chi connectivity index (χ4v) is 2.12. The molecule has 5 heteroatoms. The molecule has 0 atom stereocenters. The summed E-state index contributed by atoms with van der Waals surface area (Å²) >= 11 is 6.09. The van der Waals surface area contributed by atoms with Gasteiger partial charge < -0.3 is 0 Å². The van der Waals surface area contributed by atoms with E-state index in [1.165, 1.54) is 0 Å². The van der Waals surface area contributed by atoms with E-state index >= 15 is 0 Å². The molecule has 0 saturated heterocycles. The van der Waals surface area contributed by atoms with E-state index in [0.29, 0.717) is 5.15 Å². The van der Waals surface area contributed by atoms with Crippen molar-refractivity contribution in [2.24, 2.45) is 0 Å². The number of carbonyl (C=O) groups excluding carboxylic acids is 1. The van der Waals surface area contributed by atoms with Crippen LogP contribution in [0, 0.1) is 0 Å². The Morgan fingerprint density at radius 3 is 2.68 bits per heavy atom. The highest BCUT2D eigenvalue weighted by atomic mass is 35.5. The number of nitrogens with zero attached hydrogens (tertiary/aromatic N) is 2. The molecular weight excluding hydrogens is 262 g/mol. The highest BCUT2D eigenvalue weighted by molar-refractivity contribution is 6.34. The van der Waals surface area contributed by atoms with Gasteiger partial charge in [-0.15, -0.1) is 0 Å². The second-order valence-corrected chi connectivity index (χ2v) is 4.41. The van der Waals surface area contributed by atoms with E-state index in [9.17, 15) is 4.79 Å². The summed E-state index contributed by atoms with van der Waals surface area (Å²) in [5.74, 6) is -0.302. The number of nitrogens with one attached hydrogen (secondary N) is 1. The summed E-state index contributed by atoms with van der Waals surface area (Å²) in [4.78, 5) is 16.2. The van der Waals surface area contributed by atoms with Gasteiger partial charge in [0.05, 0.1) is 0 Å². The molecule has 0 spiro atoms. The second-order valence-electron chi connectivity index (χ2n) is 4.05. The number of rotatable bonds is 2. The van der Waals surface area contributed by atoms with Crippen molar-refractivity contribution in [2.45, 2.75) is 0 Å². The molecule has 4 nitrogen and oxygen atoms in total. The van der Waals surface area contributed by atoms with E-state index < -0.39 is 0 Å². The Hall–Kier alpha value is -2.33. The van der Waals surface area contributed by atoms with E-state index in [1.54, 1.807) is 23.1 Å². The van der Waals surface area contributed by atoms with Crippen LogP contribution in [-0.4, -0.2) is 15.6 Å². The van der Waals surface area contributed by atoms with Crippen molar-refractivity contribution in [2.75, 3.05) is 5.43 Å². The van der Waals surface area contributed by atoms with Gasteiger partial charge in [-0.2, -0.15) is 0 Å². The summed E-state index contributed by atoms with van der Waals surface area (Å²) in [5, 5.41) is 2.05. The van der Waals surface area contributed by atoms with Crippen molar-refractivity contribution in [1.82, 2.24) is 9.66 Å². The third kappa shape index (κ3) is 2.30. The first kappa shape index (κ1) is 11.7. The SMILES string of the molecule is O=C(Nn1cccc1)c1cc2ccccc2c(Cl)n1. The first-order valence-corrected chi connectivity index (χ1v) is 6.11. The van der Waals surface area contributed by atoms with Gasteiger partial charge in [0, 0.05) is 17.8 Å². The molecule has 0 saturated carbocycles. The third-order valence-corrected chi connectivity index (χ3v) is 3.05. The number of amides is 1. The maximum atomic E-state index is 12.1. The molecule has 1 aromatic carbocycles.